The van der Waals surface area contributed by atoms with Crippen LogP contribution < -0.4 is 5.32 Å². The van der Waals surface area contributed by atoms with E-state index in [0.717, 1.165) is 24.7 Å². The van der Waals surface area contributed by atoms with Crippen molar-refractivity contribution in [2.24, 2.45) is 0 Å². The molecule has 2 aromatic rings. The van der Waals surface area contributed by atoms with Crippen LogP contribution in [0.5, 0.6) is 0 Å². The van der Waals surface area contributed by atoms with Gasteiger partial charge in [-0.2, -0.15) is 11.3 Å². The lowest BCUT2D eigenvalue weighted by Crippen LogP contribution is -2.05. The van der Waals surface area contributed by atoms with Crippen LogP contribution in [0.2, 0.25) is 0 Å². The maximum absolute atomic E-state index is 4.44. The average Bonchev–Trinajstić information content (AvgIpc) is 2.83. The Hall–Kier alpha value is -1.29. The zero-order valence-electron chi connectivity index (χ0n) is 9.03. The quantitative estimate of drug-likeness (QED) is 0.860. The highest BCUT2D eigenvalue weighted by Crippen LogP contribution is 2.11. The Bertz CT molecular complexity index is 417. The van der Waals surface area contributed by atoms with Crippen LogP contribution in [0.1, 0.15) is 18.2 Å². The number of hydrogen-bond donors (Lipinski definition) is 1. The molecule has 0 aliphatic heterocycles. The third kappa shape index (κ3) is 2.39. The lowest BCUT2D eigenvalue weighted by Gasteiger charge is -2.06. The molecule has 1 N–H and O–H groups in total. The van der Waals surface area contributed by atoms with E-state index in [4.69, 9.17) is 0 Å². The zero-order chi connectivity index (χ0) is 10.7. The first-order chi connectivity index (χ1) is 7.29. The van der Waals surface area contributed by atoms with Crippen LogP contribution in [0.3, 0.4) is 0 Å². The Labute approximate surface area is 93.8 Å². The van der Waals surface area contributed by atoms with E-state index in [1.165, 1.54) is 5.56 Å². The Morgan fingerprint density at radius 2 is 2.40 bits per heavy atom. The fourth-order valence-corrected chi connectivity index (χ4v) is 2.17. The van der Waals surface area contributed by atoms with E-state index in [1.54, 1.807) is 11.3 Å². The highest BCUT2D eigenvalue weighted by Gasteiger charge is 2.03. The van der Waals surface area contributed by atoms with Crippen LogP contribution in [-0.2, 0) is 13.1 Å². The normalized spacial score (nSPS) is 10.5. The Kier molecular flexibility index (Phi) is 3.06. The first kappa shape index (κ1) is 10.2. The van der Waals surface area contributed by atoms with Crippen LogP contribution in [-0.4, -0.2) is 9.55 Å². The molecular formula is C11H15N3S. The molecule has 0 fully saturated rings. The summed E-state index contributed by atoms with van der Waals surface area (Å²) in [6, 6.07) is 2.13. The van der Waals surface area contributed by atoms with E-state index >= 15 is 0 Å². The second-order valence-electron chi connectivity index (χ2n) is 3.48. The molecule has 2 heterocycles. The van der Waals surface area contributed by atoms with Crippen molar-refractivity contribution in [3.8, 4) is 0 Å². The van der Waals surface area contributed by atoms with Gasteiger partial charge in [0.2, 0.25) is 5.95 Å². The first-order valence-corrected chi connectivity index (χ1v) is 6.02. The van der Waals surface area contributed by atoms with Gasteiger partial charge in [0.25, 0.3) is 0 Å². The van der Waals surface area contributed by atoms with Crippen LogP contribution in [0.25, 0.3) is 0 Å². The van der Waals surface area contributed by atoms with Crippen molar-refractivity contribution in [3.05, 3.63) is 34.3 Å². The van der Waals surface area contributed by atoms with Gasteiger partial charge in [-0.25, -0.2) is 4.98 Å². The van der Waals surface area contributed by atoms with Gasteiger partial charge in [-0.1, -0.05) is 0 Å². The van der Waals surface area contributed by atoms with Gasteiger partial charge in [-0.3, -0.25) is 0 Å². The third-order valence-corrected chi connectivity index (χ3v) is 3.00. The van der Waals surface area contributed by atoms with Crippen molar-refractivity contribution in [2.75, 3.05) is 5.32 Å². The molecule has 2 rings (SSSR count). The molecule has 0 saturated heterocycles. The SMILES string of the molecule is CCn1cc(C)nc1NCc1ccsc1. The molecule has 3 nitrogen and oxygen atoms in total. The van der Waals surface area contributed by atoms with E-state index in [0.29, 0.717) is 0 Å². The lowest BCUT2D eigenvalue weighted by atomic mass is 10.3. The minimum Gasteiger partial charge on any atom is -0.352 e. The number of thiophene rings is 1. The molecule has 15 heavy (non-hydrogen) atoms. The highest BCUT2D eigenvalue weighted by molar-refractivity contribution is 7.07. The summed E-state index contributed by atoms with van der Waals surface area (Å²) in [5.74, 6) is 0.959. The monoisotopic (exact) mass is 221 g/mol. The van der Waals surface area contributed by atoms with Crippen LogP contribution >= 0.6 is 11.3 Å². The fourth-order valence-electron chi connectivity index (χ4n) is 1.50. The number of nitrogens with zero attached hydrogens (tertiary/aromatic N) is 2. The summed E-state index contributed by atoms with van der Waals surface area (Å²) in [6.07, 6.45) is 2.07. The molecule has 0 bridgehead atoms. The Morgan fingerprint density at radius 3 is 3.07 bits per heavy atom. The summed E-state index contributed by atoms with van der Waals surface area (Å²) in [7, 11) is 0. The lowest BCUT2D eigenvalue weighted by molar-refractivity contribution is 0.763. The predicted octanol–water partition coefficient (Wildman–Crippen LogP) is 2.89. The molecule has 0 saturated carbocycles. The van der Waals surface area contributed by atoms with Crippen molar-refractivity contribution < 1.29 is 0 Å². The number of rotatable bonds is 4. The largest absolute Gasteiger partial charge is 0.352 e. The van der Waals surface area contributed by atoms with Gasteiger partial charge in [-0.05, 0) is 36.2 Å². The van der Waals surface area contributed by atoms with E-state index in [1.807, 2.05) is 6.92 Å². The maximum Gasteiger partial charge on any atom is 0.203 e. The van der Waals surface area contributed by atoms with E-state index in [-0.39, 0.29) is 0 Å². The number of hydrogen-bond acceptors (Lipinski definition) is 3. The minimum absolute atomic E-state index is 0.847. The predicted molar refractivity (Wildman–Crippen MR) is 64.3 cm³/mol. The van der Waals surface area contributed by atoms with Gasteiger partial charge in [0.15, 0.2) is 0 Å². The summed E-state index contributed by atoms with van der Waals surface area (Å²) in [6.45, 7) is 5.94. The van der Waals surface area contributed by atoms with Crippen LogP contribution in [0.4, 0.5) is 5.95 Å². The molecule has 0 amide bonds. The van der Waals surface area contributed by atoms with Crippen LogP contribution in [0.15, 0.2) is 23.0 Å². The molecule has 0 aliphatic carbocycles. The van der Waals surface area contributed by atoms with Gasteiger partial charge >= 0.3 is 0 Å². The molecule has 0 aliphatic rings. The standard InChI is InChI=1S/C11H15N3S/c1-3-14-7-9(2)13-11(14)12-6-10-4-5-15-8-10/h4-5,7-8H,3,6H2,1-2H3,(H,12,13). The van der Waals surface area contributed by atoms with Gasteiger partial charge in [0.05, 0.1) is 5.69 Å². The topological polar surface area (TPSA) is 29.9 Å². The molecule has 0 aromatic carbocycles. The second kappa shape index (κ2) is 4.49. The molecule has 4 heteroatoms. The molecule has 0 atom stereocenters. The van der Waals surface area contributed by atoms with Gasteiger partial charge in [0, 0.05) is 19.3 Å². The van der Waals surface area contributed by atoms with Crippen molar-refractivity contribution in [2.45, 2.75) is 26.9 Å². The summed E-state index contributed by atoms with van der Waals surface area (Å²) < 4.78 is 2.13. The average molecular weight is 221 g/mol. The summed E-state index contributed by atoms with van der Waals surface area (Å²) in [4.78, 5) is 4.44. The molecule has 0 unspecified atom stereocenters. The molecule has 80 valence electrons. The van der Waals surface area contributed by atoms with Crippen molar-refractivity contribution >= 4 is 17.3 Å². The van der Waals surface area contributed by atoms with Gasteiger partial charge in [-0.15, -0.1) is 0 Å². The van der Waals surface area contributed by atoms with Gasteiger partial charge < -0.3 is 9.88 Å². The molecular weight excluding hydrogens is 206 g/mol. The Balaban J connectivity index is 2.04. The summed E-state index contributed by atoms with van der Waals surface area (Å²) >= 11 is 1.72. The van der Waals surface area contributed by atoms with Crippen molar-refractivity contribution in [1.29, 1.82) is 0 Å². The summed E-state index contributed by atoms with van der Waals surface area (Å²) in [5, 5.41) is 7.59. The second-order valence-corrected chi connectivity index (χ2v) is 4.26. The Morgan fingerprint density at radius 1 is 1.53 bits per heavy atom. The molecule has 2 aromatic heterocycles. The van der Waals surface area contributed by atoms with E-state index in [2.05, 4.69) is 44.8 Å². The van der Waals surface area contributed by atoms with Crippen LogP contribution in [0, 0.1) is 6.92 Å². The highest BCUT2D eigenvalue weighted by atomic mass is 32.1. The molecule has 0 spiro atoms. The minimum atomic E-state index is 0.847. The van der Waals surface area contributed by atoms with Crippen molar-refractivity contribution in [3.63, 3.8) is 0 Å². The number of aromatic nitrogens is 2. The fraction of sp³-hybridized carbons (Fsp3) is 0.364. The van der Waals surface area contributed by atoms with E-state index in [9.17, 15) is 0 Å². The number of nitrogens with one attached hydrogen (secondary N) is 1. The van der Waals surface area contributed by atoms with Gasteiger partial charge in [0.1, 0.15) is 0 Å². The number of aryl methyl sites for hydroxylation is 2. The molecule has 0 radical (unpaired) electrons. The number of anilines is 1. The first-order valence-electron chi connectivity index (χ1n) is 5.08. The third-order valence-electron chi connectivity index (χ3n) is 2.27. The smallest absolute Gasteiger partial charge is 0.203 e. The van der Waals surface area contributed by atoms with E-state index < -0.39 is 0 Å². The maximum atomic E-state index is 4.44. The number of imidazole rings is 1. The summed E-state index contributed by atoms with van der Waals surface area (Å²) in [5.41, 5.74) is 2.37. The van der Waals surface area contributed by atoms with Crippen molar-refractivity contribution in [1.82, 2.24) is 9.55 Å². The zero-order valence-corrected chi connectivity index (χ0v) is 9.84.